The lowest BCUT2D eigenvalue weighted by molar-refractivity contribution is -0.137. The van der Waals surface area contributed by atoms with E-state index in [1.165, 1.54) is 32.4 Å². The number of sulfonamides is 1. The predicted molar refractivity (Wildman–Crippen MR) is 150 cm³/mol. The minimum absolute atomic E-state index is 0.0668. The number of halogens is 3. The highest BCUT2D eigenvalue weighted by Gasteiger charge is 2.34. The zero-order valence-electron chi connectivity index (χ0n) is 23.0. The normalized spacial score (nSPS) is 13.8. The molecular formula is C29H30F3N3O6S. The van der Waals surface area contributed by atoms with Crippen LogP contribution in [-0.4, -0.2) is 59.0 Å². The first-order valence-corrected chi connectivity index (χ1v) is 14.5. The van der Waals surface area contributed by atoms with E-state index >= 15 is 0 Å². The fraction of sp³-hybridized carbons (Fsp3) is 0.310. The van der Waals surface area contributed by atoms with Crippen molar-refractivity contribution in [3.8, 4) is 11.5 Å². The number of methoxy groups -OCH3 is 2. The highest BCUT2D eigenvalue weighted by molar-refractivity contribution is 7.92. The molecule has 2 amide bonds. The molecular weight excluding hydrogens is 575 g/mol. The molecule has 0 radical (unpaired) electrons. The number of alkyl halides is 3. The summed E-state index contributed by atoms with van der Waals surface area (Å²) >= 11 is 0. The third kappa shape index (κ3) is 6.78. The quantitative estimate of drug-likeness (QED) is 0.360. The molecule has 0 unspecified atom stereocenters. The number of hydrogen-bond donors (Lipinski definition) is 1. The Morgan fingerprint density at radius 3 is 2.26 bits per heavy atom. The fourth-order valence-electron chi connectivity index (χ4n) is 4.62. The number of ether oxygens (including phenoxy) is 2. The van der Waals surface area contributed by atoms with Crippen LogP contribution < -0.4 is 19.1 Å². The Bertz CT molecular complexity index is 1560. The standard InChI is InChI=1S/C29H30F3N3O6S/c1-40-25-14-13-22(18-26(25)41-2)42(38,39)35(21-10-8-9-20(17-21)29(30,31)32)19-27(36)33-24-12-5-4-11-23(24)28(37)34-15-6-3-7-16-34/h4-5,8-14,17-18H,3,6-7,15-16,19H2,1-2H3,(H,33,36). The molecule has 1 heterocycles. The zero-order chi connectivity index (χ0) is 30.5. The molecule has 224 valence electrons. The second-order valence-corrected chi connectivity index (χ2v) is 11.4. The van der Waals surface area contributed by atoms with Crippen LogP contribution in [0.5, 0.6) is 11.5 Å². The number of piperidine rings is 1. The molecule has 1 aliphatic heterocycles. The molecule has 13 heteroatoms. The number of anilines is 2. The Kier molecular flexibility index (Phi) is 9.30. The Hall–Kier alpha value is -4.26. The van der Waals surface area contributed by atoms with Gasteiger partial charge in [-0.05, 0) is 61.7 Å². The second-order valence-electron chi connectivity index (χ2n) is 9.52. The second kappa shape index (κ2) is 12.7. The number of amides is 2. The SMILES string of the molecule is COc1ccc(S(=O)(=O)N(CC(=O)Nc2ccccc2C(=O)N2CCCCC2)c2cccc(C(F)(F)F)c2)cc1OC. The third-order valence-electron chi connectivity index (χ3n) is 6.77. The number of nitrogens with zero attached hydrogens (tertiary/aromatic N) is 2. The monoisotopic (exact) mass is 605 g/mol. The van der Waals surface area contributed by atoms with Crippen LogP contribution in [0.2, 0.25) is 0 Å². The summed E-state index contributed by atoms with van der Waals surface area (Å²) in [4.78, 5) is 27.8. The maximum Gasteiger partial charge on any atom is 0.416 e. The molecule has 0 bridgehead atoms. The molecule has 0 spiro atoms. The van der Waals surface area contributed by atoms with Crippen molar-refractivity contribution in [2.75, 3.05) is 43.5 Å². The van der Waals surface area contributed by atoms with Crippen LogP contribution in [0.15, 0.2) is 71.6 Å². The number of likely N-dealkylation sites (tertiary alicyclic amines) is 1. The first-order valence-electron chi connectivity index (χ1n) is 13.1. The minimum Gasteiger partial charge on any atom is -0.493 e. The topological polar surface area (TPSA) is 105 Å². The van der Waals surface area contributed by atoms with E-state index in [4.69, 9.17) is 9.47 Å². The van der Waals surface area contributed by atoms with Crippen molar-refractivity contribution >= 4 is 33.2 Å². The van der Waals surface area contributed by atoms with Gasteiger partial charge in [-0.15, -0.1) is 0 Å². The van der Waals surface area contributed by atoms with Crippen LogP contribution >= 0.6 is 0 Å². The van der Waals surface area contributed by atoms with Gasteiger partial charge in [-0.25, -0.2) is 8.42 Å². The summed E-state index contributed by atoms with van der Waals surface area (Å²) in [5, 5.41) is 2.58. The number of para-hydroxylation sites is 1. The summed E-state index contributed by atoms with van der Waals surface area (Å²) in [7, 11) is -1.95. The molecule has 0 atom stereocenters. The van der Waals surface area contributed by atoms with Crippen molar-refractivity contribution in [1.82, 2.24) is 4.90 Å². The van der Waals surface area contributed by atoms with Gasteiger partial charge < -0.3 is 19.7 Å². The fourth-order valence-corrected chi connectivity index (χ4v) is 6.05. The largest absolute Gasteiger partial charge is 0.493 e. The molecule has 3 aromatic rings. The maximum atomic E-state index is 13.8. The van der Waals surface area contributed by atoms with Gasteiger partial charge in [-0.1, -0.05) is 18.2 Å². The number of nitrogens with one attached hydrogen (secondary N) is 1. The van der Waals surface area contributed by atoms with E-state index in [1.807, 2.05) is 0 Å². The molecule has 1 saturated heterocycles. The molecule has 1 aliphatic rings. The lowest BCUT2D eigenvalue weighted by Gasteiger charge is -2.28. The van der Waals surface area contributed by atoms with E-state index in [2.05, 4.69) is 5.32 Å². The van der Waals surface area contributed by atoms with Gasteiger partial charge in [-0.3, -0.25) is 13.9 Å². The average Bonchev–Trinajstić information content (AvgIpc) is 2.99. The van der Waals surface area contributed by atoms with Crippen molar-refractivity contribution in [3.05, 3.63) is 77.9 Å². The zero-order valence-corrected chi connectivity index (χ0v) is 23.8. The lowest BCUT2D eigenvalue weighted by Crippen LogP contribution is -2.39. The van der Waals surface area contributed by atoms with Crippen molar-refractivity contribution in [2.24, 2.45) is 0 Å². The molecule has 1 fully saturated rings. The van der Waals surface area contributed by atoms with E-state index in [-0.39, 0.29) is 39.2 Å². The van der Waals surface area contributed by atoms with Gasteiger partial charge in [-0.2, -0.15) is 13.2 Å². The van der Waals surface area contributed by atoms with E-state index in [0.29, 0.717) is 23.5 Å². The first kappa shape index (κ1) is 30.7. The van der Waals surface area contributed by atoms with E-state index < -0.39 is 34.2 Å². The Labute approximate surface area is 241 Å². The van der Waals surface area contributed by atoms with E-state index in [9.17, 15) is 31.2 Å². The highest BCUT2D eigenvalue weighted by Crippen LogP contribution is 2.35. The minimum atomic E-state index is -4.76. The summed E-state index contributed by atoms with van der Waals surface area (Å²) < 4.78 is 79.2. The molecule has 0 saturated carbocycles. The van der Waals surface area contributed by atoms with E-state index in [0.717, 1.165) is 43.5 Å². The molecule has 1 N–H and O–H groups in total. The molecule has 42 heavy (non-hydrogen) atoms. The third-order valence-corrected chi connectivity index (χ3v) is 8.54. The predicted octanol–water partition coefficient (Wildman–Crippen LogP) is 5.18. The number of carbonyl (C=O) groups is 2. The number of carbonyl (C=O) groups excluding carboxylic acids is 2. The maximum absolute atomic E-state index is 13.8. The number of benzene rings is 3. The molecule has 0 aromatic heterocycles. The van der Waals surface area contributed by atoms with Gasteiger partial charge in [0.15, 0.2) is 11.5 Å². The van der Waals surface area contributed by atoms with E-state index in [1.54, 1.807) is 23.1 Å². The molecule has 3 aromatic carbocycles. The molecule has 4 rings (SSSR count). The van der Waals surface area contributed by atoms with Gasteiger partial charge >= 0.3 is 6.18 Å². The van der Waals surface area contributed by atoms with Crippen molar-refractivity contribution in [2.45, 2.75) is 30.3 Å². The van der Waals surface area contributed by atoms with Crippen LogP contribution in [0, 0.1) is 0 Å². The van der Waals surface area contributed by atoms with Gasteiger partial charge in [0.05, 0.1) is 41.6 Å². The lowest BCUT2D eigenvalue weighted by atomic mass is 10.1. The Balaban J connectivity index is 1.70. The van der Waals surface area contributed by atoms with Crippen LogP contribution in [0.25, 0.3) is 0 Å². The van der Waals surface area contributed by atoms with Crippen molar-refractivity contribution in [3.63, 3.8) is 0 Å². The Morgan fingerprint density at radius 1 is 0.905 bits per heavy atom. The van der Waals surface area contributed by atoms with Crippen LogP contribution in [0.4, 0.5) is 24.5 Å². The summed E-state index contributed by atoms with van der Waals surface area (Å²) in [5.74, 6) is -0.847. The van der Waals surface area contributed by atoms with Gasteiger partial charge in [0.25, 0.3) is 15.9 Å². The smallest absolute Gasteiger partial charge is 0.416 e. The molecule has 0 aliphatic carbocycles. The number of hydrogen-bond acceptors (Lipinski definition) is 6. The number of rotatable bonds is 9. The summed E-state index contributed by atoms with van der Waals surface area (Å²) in [6, 6.07) is 13.7. The van der Waals surface area contributed by atoms with Crippen LogP contribution in [-0.2, 0) is 21.0 Å². The average molecular weight is 606 g/mol. The van der Waals surface area contributed by atoms with Gasteiger partial charge in [0.1, 0.15) is 6.54 Å². The van der Waals surface area contributed by atoms with Crippen molar-refractivity contribution in [1.29, 1.82) is 0 Å². The van der Waals surface area contributed by atoms with Gasteiger partial charge in [0.2, 0.25) is 5.91 Å². The van der Waals surface area contributed by atoms with Gasteiger partial charge in [0, 0.05) is 19.2 Å². The highest BCUT2D eigenvalue weighted by atomic mass is 32.2. The van der Waals surface area contributed by atoms with Crippen molar-refractivity contribution < 1.29 is 40.7 Å². The summed E-state index contributed by atoms with van der Waals surface area (Å²) in [6.07, 6.45) is -2.02. The summed E-state index contributed by atoms with van der Waals surface area (Å²) in [6.45, 7) is 0.270. The van der Waals surface area contributed by atoms with Crippen LogP contribution in [0.3, 0.4) is 0 Å². The first-order chi connectivity index (χ1) is 20.0. The molecule has 9 nitrogen and oxygen atoms in total. The van der Waals surface area contributed by atoms with Crippen LogP contribution in [0.1, 0.15) is 35.2 Å². The summed E-state index contributed by atoms with van der Waals surface area (Å²) in [5.41, 5.74) is -1.09. The Morgan fingerprint density at radius 2 is 1.60 bits per heavy atom.